The largest absolute Gasteiger partial charge is 0.497 e. The number of nitrogens with zero attached hydrogens (tertiary/aromatic N) is 3. The molecule has 0 N–H and O–H groups in total. The van der Waals surface area contributed by atoms with Crippen molar-refractivity contribution in [1.29, 1.82) is 0 Å². The summed E-state index contributed by atoms with van der Waals surface area (Å²) in [6.45, 7) is 6.95. The molecule has 0 radical (unpaired) electrons. The van der Waals surface area contributed by atoms with Crippen molar-refractivity contribution in [3.05, 3.63) is 64.1 Å². The fourth-order valence-electron chi connectivity index (χ4n) is 4.19. The smallest absolute Gasteiger partial charge is 0.236 e. The van der Waals surface area contributed by atoms with Gasteiger partial charge in [-0.05, 0) is 35.4 Å². The molecule has 2 aliphatic rings. The van der Waals surface area contributed by atoms with Gasteiger partial charge in [-0.15, -0.1) is 0 Å². The lowest BCUT2D eigenvalue weighted by molar-refractivity contribution is -0.136. The average molecular weight is 488 g/mol. The lowest BCUT2D eigenvalue weighted by atomic mass is 10.1. The number of hydrogen-bond donors (Lipinski definition) is 0. The summed E-state index contributed by atoms with van der Waals surface area (Å²) in [5.41, 5.74) is 2.42. The lowest BCUT2D eigenvalue weighted by Crippen LogP contribution is -2.52. The van der Waals surface area contributed by atoms with Gasteiger partial charge in [-0.1, -0.05) is 40.2 Å². The molecular weight excluding hydrogens is 458 g/mol. The summed E-state index contributed by atoms with van der Waals surface area (Å²) < 4.78 is 12.2. The molecule has 0 saturated carbocycles. The SMILES string of the molecule is COc1ccc(CN2CCN(C(=O)CN3CCOC(c4cccc(Br)c4)C3)CC2)cc1. The fourth-order valence-corrected chi connectivity index (χ4v) is 4.61. The summed E-state index contributed by atoms with van der Waals surface area (Å²) in [6, 6.07) is 16.4. The third-order valence-corrected chi connectivity index (χ3v) is 6.51. The summed E-state index contributed by atoms with van der Waals surface area (Å²) >= 11 is 3.53. The van der Waals surface area contributed by atoms with Crippen LogP contribution in [-0.4, -0.2) is 80.1 Å². The summed E-state index contributed by atoms with van der Waals surface area (Å²) in [7, 11) is 1.68. The van der Waals surface area contributed by atoms with E-state index in [2.05, 4.69) is 50.0 Å². The Balaban J connectivity index is 1.24. The van der Waals surface area contributed by atoms with E-state index in [0.717, 1.165) is 61.6 Å². The molecule has 0 aromatic heterocycles. The molecule has 31 heavy (non-hydrogen) atoms. The lowest BCUT2D eigenvalue weighted by Gasteiger charge is -2.37. The number of carbonyl (C=O) groups is 1. The zero-order valence-corrected chi connectivity index (χ0v) is 19.6. The van der Waals surface area contributed by atoms with Gasteiger partial charge in [0.2, 0.25) is 5.91 Å². The van der Waals surface area contributed by atoms with Crippen LogP contribution in [0.3, 0.4) is 0 Å². The van der Waals surface area contributed by atoms with Gasteiger partial charge >= 0.3 is 0 Å². The Labute approximate surface area is 192 Å². The van der Waals surface area contributed by atoms with Gasteiger partial charge in [-0.3, -0.25) is 14.6 Å². The van der Waals surface area contributed by atoms with Crippen LogP contribution >= 0.6 is 15.9 Å². The molecule has 2 heterocycles. The first-order valence-electron chi connectivity index (χ1n) is 10.8. The standard InChI is InChI=1S/C24H30BrN3O3/c1-30-22-7-5-19(6-8-22)16-26-9-11-28(12-10-26)24(29)18-27-13-14-31-23(17-27)20-3-2-4-21(25)15-20/h2-8,15,23H,9-14,16-18H2,1H3. The first kappa shape index (κ1) is 22.3. The van der Waals surface area contributed by atoms with Crippen molar-refractivity contribution in [3.8, 4) is 5.75 Å². The number of carbonyl (C=O) groups excluding carboxylic acids is 1. The Morgan fingerprint density at radius 1 is 1.06 bits per heavy atom. The second-order valence-corrected chi connectivity index (χ2v) is 9.07. The molecule has 2 aliphatic heterocycles. The second kappa shape index (κ2) is 10.6. The van der Waals surface area contributed by atoms with E-state index in [1.54, 1.807) is 7.11 Å². The van der Waals surface area contributed by atoms with Crippen molar-refractivity contribution in [2.75, 3.05) is 59.5 Å². The predicted octanol–water partition coefficient (Wildman–Crippen LogP) is 3.18. The van der Waals surface area contributed by atoms with Crippen LogP contribution in [0.4, 0.5) is 0 Å². The molecule has 0 bridgehead atoms. The quantitative estimate of drug-likeness (QED) is 0.625. The van der Waals surface area contributed by atoms with E-state index in [1.807, 2.05) is 29.2 Å². The van der Waals surface area contributed by atoms with Crippen molar-refractivity contribution in [3.63, 3.8) is 0 Å². The second-order valence-electron chi connectivity index (χ2n) is 8.15. The van der Waals surface area contributed by atoms with E-state index in [1.165, 1.54) is 5.56 Å². The molecule has 1 unspecified atom stereocenters. The van der Waals surface area contributed by atoms with Crippen LogP contribution in [0.15, 0.2) is 53.0 Å². The van der Waals surface area contributed by atoms with Crippen LogP contribution in [0.1, 0.15) is 17.2 Å². The fraction of sp³-hybridized carbons (Fsp3) is 0.458. The van der Waals surface area contributed by atoms with E-state index in [4.69, 9.17) is 9.47 Å². The number of benzene rings is 2. The maximum absolute atomic E-state index is 12.9. The van der Waals surface area contributed by atoms with Gasteiger partial charge in [0.25, 0.3) is 0 Å². The number of morpholine rings is 1. The van der Waals surface area contributed by atoms with Crippen molar-refractivity contribution < 1.29 is 14.3 Å². The van der Waals surface area contributed by atoms with Gasteiger partial charge in [0.15, 0.2) is 0 Å². The number of rotatable bonds is 6. The highest BCUT2D eigenvalue weighted by atomic mass is 79.9. The van der Waals surface area contributed by atoms with Gasteiger partial charge < -0.3 is 14.4 Å². The molecule has 2 saturated heterocycles. The number of amides is 1. The maximum atomic E-state index is 12.9. The van der Waals surface area contributed by atoms with Crippen molar-refractivity contribution in [1.82, 2.24) is 14.7 Å². The first-order valence-corrected chi connectivity index (χ1v) is 11.6. The Hall–Kier alpha value is -1.93. The molecule has 2 fully saturated rings. The number of hydrogen-bond acceptors (Lipinski definition) is 5. The minimum absolute atomic E-state index is 0.0143. The highest BCUT2D eigenvalue weighted by molar-refractivity contribution is 9.10. The first-order chi connectivity index (χ1) is 15.1. The molecule has 6 nitrogen and oxygen atoms in total. The third-order valence-electron chi connectivity index (χ3n) is 6.02. The molecule has 2 aromatic rings. The molecule has 1 amide bonds. The van der Waals surface area contributed by atoms with E-state index in [-0.39, 0.29) is 12.0 Å². The molecule has 1 atom stereocenters. The van der Waals surface area contributed by atoms with Crippen molar-refractivity contribution in [2.45, 2.75) is 12.6 Å². The van der Waals surface area contributed by atoms with Gasteiger partial charge in [-0.25, -0.2) is 0 Å². The average Bonchev–Trinajstić information content (AvgIpc) is 2.80. The topological polar surface area (TPSA) is 45.2 Å². The normalized spacial score (nSPS) is 20.6. The van der Waals surface area contributed by atoms with Gasteiger partial charge in [0, 0.05) is 50.3 Å². The summed E-state index contributed by atoms with van der Waals surface area (Å²) in [6.07, 6.45) is 0.0143. The number of ether oxygens (including phenoxy) is 2. The van der Waals surface area contributed by atoms with E-state index in [0.29, 0.717) is 13.2 Å². The van der Waals surface area contributed by atoms with Crippen LogP contribution in [0.2, 0.25) is 0 Å². The van der Waals surface area contributed by atoms with Crippen molar-refractivity contribution >= 4 is 21.8 Å². The molecule has 0 spiro atoms. The molecule has 4 rings (SSSR count). The monoisotopic (exact) mass is 487 g/mol. The Morgan fingerprint density at radius 2 is 1.84 bits per heavy atom. The van der Waals surface area contributed by atoms with Crippen molar-refractivity contribution in [2.24, 2.45) is 0 Å². The summed E-state index contributed by atoms with van der Waals surface area (Å²) in [5.74, 6) is 1.10. The van der Waals surface area contributed by atoms with Crippen LogP contribution in [0.25, 0.3) is 0 Å². The van der Waals surface area contributed by atoms with Crippen LogP contribution in [-0.2, 0) is 16.1 Å². The summed E-state index contributed by atoms with van der Waals surface area (Å²) in [4.78, 5) is 19.5. The maximum Gasteiger partial charge on any atom is 0.236 e. The van der Waals surface area contributed by atoms with E-state index < -0.39 is 0 Å². The molecule has 166 valence electrons. The van der Waals surface area contributed by atoms with E-state index >= 15 is 0 Å². The molecule has 2 aromatic carbocycles. The predicted molar refractivity (Wildman–Crippen MR) is 124 cm³/mol. The highest BCUT2D eigenvalue weighted by Crippen LogP contribution is 2.25. The zero-order valence-electron chi connectivity index (χ0n) is 18.0. The minimum atomic E-state index is 0.0143. The Morgan fingerprint density at radius 3 is 2.55 bits per heavy atom. The number of piperazine rings is 1. The summed E-state index contributed by atoms with van der Waals surface area (Å²) in [5, 5.41) is 0. The molecular formula is C24H30BrN3O3. The number of halogens is 1. The zero-order chi connectivity index (χ0) is 21.6. The van der Waals surface area contributed by atoms with E-state index in [9.17, 15) is 4.79 Å². The van der Waals surface area contributed by atoms with Crippen LogP contribution in [0, 0.1) is 0 Å². The Bertz CT molecular complexity index is 869. The number of methoxy groups -OCH3 is 1. The van der Waals surface area contributed by atoms with Crippen LogP contribution < -0.4 is 4.74 Å². The van der Waals surface area contributed by atoms with Gasteiger partial charge in [0.05, 0.1) is 26.4 Å². The molecule has 0 aliphatic carbocycles. The third kappa shape index (κ3) is 6.07. The van der Waals surface area contributed by atoms with Gasteiger partial charge in [0.1, 0.15) is 5.75 Å². The highest BCUT2D eigenvalue weighted by Gasteiger charge is 2.27. The van der Waals surface area contributed by atoms with Crippen LogP contribution in [0.5, 0.6) is 5.75 Å². The van der Waals surface area contributed by atoms with Gasteiger partial charge in [-0.2, -0.15) is 0 Å². The molecule has 7 heteroatoms. The minimum Gasteiger partial charge on any atom is -0.497 e. The Kier molecular flexibility index (Phi) is 7.61.